The van der Waals surface area contributed by atoms with Crippen LogP contribution in [0, 0.1) is 12.3 Å². The lowest BCUT2D eigenvalue weighted by Crippen LogP contribution is -2.41. The average Bonchev–Trinajstić information content (AvgIpc) is 2.69. The lowest BCUT2D eigenvalue weighted by molar-refractivity contribution is -0.115. The van der Waals surface area contributed by atoms with Gasteiger partial charge in [0.05, 0.1) is 6.54 Å². The second-order valence-electron chi connectivity index (χ2n) is 5.68. The number of aliphatic imine (C=N–C) groups is 1. The van der Waals surface area contributed by atoms with Crippen LogP contribution in [0.3, 0.4) is 0 Å². The molecule has 2 aromatic carbocycles. The van der Waals surface area contributed by atoms with E-state index >= 15 is 0 Å². The highest BCUT2D eigenvalue weighted by molar-refractivity contribution is 14.0. The van der Waals surface area contributed by atoms with Gasteiger partial charge < -0.3 is 20.7 Å². The third-order valence-electron chi connectivity index (χ3n) is 3.64. The Labute approximate surface area is 195 Å². The average molecular weight is 549 g/mol. The van der Waals surface area contributed by atoms with Crippen molar-refractivity contribution in [3.05, 3.63) is 58.6 Å². The molecule has 0 bridgehead atoms. The summed E-state index contributed by atoms with van der Waals surface area (Å²) in [6, 6.07) is 11.2. The lowest BCUT2D eigenvalue weighted by atomic mass is 10.2. The van der Waals surface area contributed by atoms with Crippen molar-refractivity contribution in [2.45, 2.75) is 13.2 Å². The van der Waals surface area contributed by atoms with Crippen LogP contribution in [-0.4, -0.2) is 32.1 Å². The summed E-state index contributed by atoms with van der Waals surface area (Å²) in [5.74, 6) is 2.47. The lowest BCUT2D eigenvalue weighted by Gasteiger charge is -2.15. The highest BCUT2D eigenvalue weighted by atomic mass is 127. The first-order valence-corrected chi connectivity index (χ1v) is 8.83. The molecule has 6 nitrogen and oxygen atoms in total. The first-order chi connectivity index (χ1) is 13.9. The van der Waals surface area contributed by atoms with Gasteiger partial charge in [0.15, 0.2) is 5.96 Å². The van der Waals surface area contributed by atoms with Gasteiger partial charge in [-0.2, -0.15) is 8.78 Å². The monoisotopic (exact) mass is 548 g/mol. The van der Waals surface area contributed by atoms with Crippen molar-refractivity contribution in [3.63, 3.8) is 0 Å². The Balaban J connectivity index is 0.00000450. The van der Waals surface area contributed by atoms with Gasteiger partial charge in [0.25, 0.3) is 0 Å². The number of amides is 1. The van der Waals surface area contributed by atoms with Crippen LogP contribution in [0.15, 0.2) is 47.5 Å². The molecule has 3 N–H and O–H groups in total. The minimum absolute atomic E-state index is 0. The zero-order valence-corrected chi connectivity index (χ0v) is 19.0. The third kappa shape index (κ3) is 8.42. The third-order valence-corrected chi connectivity index (χ3v) is 3.87. The number of nitrogens with zero attached hydrogens (tertiary/aromatic N) is 1. The zero-order valence-electron chi connectivity index (χ0n) is 15.9. The molecule has 0 saturated carbocycles. The SMILES string of the molecule is C#Cc1cccc(NC(=O)CNC(=NC)NCc2cc(Cl)ccc2OC(F)F)c1.I. The number of hydrogen-bond donors (Lipinski definition) is 3. The first kappa shape index (κ1) is 25.5. The summed E-state index contributed by atoms with van der Waals surface area (Å²) in [5, 5.41) is 8.82. The van der Waals surface area contributed by atoms with E-state index in [-0.39, 0.29) is 48.7 Å². The number of carbonyl (C=O) groups is 1. The predicted octanol–water partition coefficient (Wildman–Crippen LogP) is 3.84. The summed E-state index contributed by atoms with van der Waals surface area (Å²) in [5.41, 5.74) is 1.63. The standard InChI is InChI=1S/C20H19ClF2N4O2.HI/c1-3-13-5-4-6-16(9-13)27-18(28)12-26-20(24-2)25-11-14-10-15(21)7-8-17(14)29-19(22)23;/h1,4-10,19H,11-12H2,2H3,(H,27,28)(H2,24,25,26);1H. The van der Waals surface area contributed by atoms with Gasteiger partial charge in [0.2, 0.25) is 5.91 Å². The molecule has 0 aliphatic heterocycles. The smallest absolute Gasteiger partial charge is 0.387 e. The Hall–Kier alpha value is -2.58. The maximum atomic E-state index is 12.5. The Kier molecular flexibility index (Phi) is 10.9. The number of benzene rings is 2. The van der Waals surface area contributed by atoms with Crippen molar-refractivity contribution in [2.24, 2.45) is 4.99 Å². The second kappa shape index (κ2) is 12.9. The summed E-state index contributed by atoms with van der Waals surface area (Å²) in [7, 11) is 1.51. The van der Waals surface area contributed by atoms with E-state index < -0.39 is 6.61 Å². The molecule has 0 aliphatic carbocycles. The minimum atomic E-state index is -2.95. The summed E-state index contributed by atoms with van der Waals surface area (Å²) in [6.45, 7) is -2.92. The van der Waals surface area contributed by atoms with Gasteiger partial charge in [-0.15, -0.1) is 30.4 Å². The maximum absolute atomic E-state index is 12.5. The van der Waals surface area contributed by atoms with Gasteiger partial charge in [-0.25, -0.2) is 0 Å². The molecule has 0 heterocycles. The molecule has 0 spiro atoms. The fraction of sp³-hybridized carbons (Fsp3) is 0.200. The van der Waals surface area contributed by atoms with Gasteiger partial charge in [-0.3, -0.25) is 9.79 Å². The van der Waals surface area contributed by atoms with E-state index in [1.807, 2.05) is 0 Å². The number of ether oxygens (including phenoxy) is 1. The molecule has 30 heavy (non-hydrogen) atoms. The number of rotatable bonds is 7. The van der Waals surface area contributed by atoms with Crippen molar-refractivity contribution in [2.75, 3.05) is 18.9 Å². The Morgan fingerprint density at radius 2 is 2.03 bits per heavy atom. The van der Waals surface area contributed by atoms with E-state index in [2.05, 4.69) is 31.6 Å². The van der Waals surface area contributed by atoms with Crippen LogP contribution in [-0.2, 0) is 11.3 Å². The minimum Gasteiger partial charge on any atom is -0.434 e. The Morgan fingerprint density at radius 1 is 1.27 bits per heavy atom. The second-order valence-corrected chi connectivity index (χ2v) is 6.12. The van der Waals surface area contributed by atoms with Crippen molar-refractivity contribution >= 4 is 53.1 Å². The first-order valence-electron chi connectivity index (χ1n) is 8.45. The molecule has 10 heteroatoms. The molecule has 2 aromatic rings. The van der Waals surface area contributed by atoms with Gasteiger partial charge in [-0.1, -0.05) is 23.6 Å². The number of carbonyl (C=O) groups excluding carboxylic acids is 1. The van der Waals surface area contributed by atoms with Crippen molar-refractivity contribution in [3.8, 4) is 18.1 Å². The Morgan fingerprint density at radius 3 is 2.70 bits per heavy atom. The summed E-state index contributed by atoms with van der Waals surface area (Å²) >= 11 is 5.92. The molecule has 2 rings (SSSR count). The quantitative estimate of drug-likeness (QED) is 0.213. The molecule has 0 saturated heterocycles. The van der Waals surface area contributed by atoms with Crippen LogP contribution in [0.1, 0.15) is 11.1 Å². The maximum Gasteiger partial charge on any atom is 0.387 e. The molecular formula is C20H20ClF2IN4O2. The van der Waals surface area contributed by atoms with E-state index in [1.54, 1.807) is 24.3 Å². The van der Waals surface area contributed by atoms with E-state index in [4.69, 9.17) is 18.0 Å². The number of hydrogen-bond acceptors (Lipinski definition) is 3. The fourth-order valence-electron chi connectivity index (χ4n) is 2.35. The number of alkyl halides is 2. The number of halogens is 4. The largest absolute Gasteiger partial charge is 0.434 e. The van der Waals surface area contributed by atoms with E-state index in [1.165, 1.54) is 25.2 Å². The van der Waals surface area contributed by atoms with Gasteiger partial charge >= 0.3 is 6.61 Å². The molecular weight excluding hydrogens is 529 g/mol. The van der Waals surface area contributed by atoms with Crippen LogP contribution < -0.4 is 20.7 Å². The topological polar surface area (TPSA) is 74.8 Å². The van der Waals surface area contributed by atoms with Crippen LogP contribution in [0.4, 0.5) is 14.5 Å². The fourth-order valence-corrected chi connectivity index (χ4v) is 2.55. The van der Waals surface area contributed by atoms with Crippen LogP contribution in [0.5, 0.6) is 5.75 Å². The molecule has 0 radical (unpaired) electrons. The van der Waals surface area contributed by atoms with Crippen molar-refractivity contribution < 1.29 is 18.3 Å². The summed E-state index contributed by atoms with van der Waals surface area (Å²) in [6.07, 6.45) is 5.34. The number of guanidine groups is 1. The molecule has 160 valence electrons. The molecule has 0 fully saturated rings. The van der Waals surface area contributed by atoms with E-state index in [0.717, 1.165) is 0 Å². The van der Waals surface area contributed by atoms with E-state index in [9.17, 15) is 13.6 Å². The number of nitrogens with one attached hydrogen (secondary N) is 3. The van der Waals surface area contributed by atoms with Crippen LogP contribution in [0.25, 0.3) is 0 Å². The summed E-state index contributed by atoms with van der Waals surface area (Å²) in [4.78, 5) is 16.1. The molecule has 0 unspecified atom stereocenters. The molecule has 1 amide bonds. The van der Waals surface area contributed by atoms with E-state index in [0.29, 0.717) is 27.8 Å². The number of terminal acetylenes is 1. The predicted molar refractivity (Wildman–Crippen MR) is 125 cm³/mol. The highest BCUT2D eigenvalue weighted by Gasteiger charge is 2.11. The van der Waals surface area contributed by atoms with Crippen LogP contribution in [0.2, 0.25) is 5.02 Å². The van der Waals surface area contributed by atoms with Gasteiger partial charge in [0, 0.05) is 35.4 Å². The van der Waals surface area contributed by atoms with Crippen LogP contribution >= 0.6 is 35.6 Å². The Bertz CT molecular complexity index is 935. The normalized spacial score (nSPS) is 10.6. The number of anilines is 1. The summed E-state index contributed by atoms with van der Waals surface area (Å²) < 4.78 is 29.5. The van der Waals surface area contributed by atoms with Gasteiger partial charge in [0.1, 0.15) is 5.75 Å². The van der Waals surface area contributed by atoms with Gasteiger partial charge in [-0.05, 0) is 36.4 Å². The molecule has 0 aliphatic rings. The highest BCUT2D eigenvalue weighted by Crippen LogP contribution is 2.24. The molecule has 0 aromatic heterocycles. The van der Waals surface area contributed by atoms with Crippen molar-refractivity contribution in [1.29, 1.82) is 0 Å². The zero-order chi connectivity index (χ0) is 21.2. The van der Waals surface area contributed by atoms with Crippen molar-refractivity contribution in [1.82, 2.24) is 10.6 Å². The molecule has 0 atom stereocenters.